The number of benzene rings is 2. The molecule has 27 heavy (non-hydrogen) atoms. The van der Waals surface area contributed by atoms with Gasteiger partial charge in [-0.25, -0.2) is 0 Å². The number of nitrogens with zero attached hydrogens (tertiary/aromatic N) is 1. The molecule has 1 N–H and O–H groups in total. The van der Waals surface area contributed by atoms with E-state index in [0.29, 0.717) is 12.5 Å². The Labute approximate surface area is 169 Å². The van der Waals surface area contributed by atoms with Crippen LogP contribution in [0.4, 0.5) is 0 Å². The molecule has 4 heteroatoms. The largest absolute Gasteiger partial charge is 0.493 e. The Balaban J connectivity index is 1.74. The summed E-state index contributed by atoms with van der Waals surface area (Å²) in [6.07, 6.45) is 1.11. The number of aromatic amines is 1. The molecule has 3 aromatic rings. The fourth-order valence-electron chi connectivity index (χ4n) is 4.24. The SMILES string of the molecule is CC(C)CN1CCc2c([nH]c3ccccc23)C1c1ccc(OCCBr)cc1. The molecule has 1 aliphatic rings. The first-order valence-electron chi connectivity index (χ1n) is 9.79. The highest BCUT2D eigenvalue weighted by Gasteiger charge is 2.31. The molecular formula is C23H27BrN2O. The summed E-state index contributed by atoms with van der Waals surface area (Å²) >= 11 is 3.41. The quantitative estimate of drug-likeness (QED) is 0.523. The van der Waals surface area contributed by atoms with Gasteiger partial charge in [0.1, 0.15) is 5.75 Å². The van der Waals surface area contributed by atoms with Gasteiger partial charge < -0.3 is 9.72 Å². The van der Waals surface area contributed by atoms with Gasteiger partial charge in [-0.1, -0.05) is 60.1 Å². The van der Waals surface area contributed by atoms with Gasteiger partial charge in [0.05, 0.1) is 12.6 Å². The van der Waals surface area contributed by atoms with Crippen molar-refractivity contribution in [1.82, 2.24) is 9.88 Å². The molecule has 0 bridgehead atoms. The van der Waals surface area contributed by atoms with Gasteiger partial charge in [0.2, 0.25) is 0 Å². The van der Waals surface area contributed by atoms with Crippen LogP contribution in [-0.4, -0.2) is 34.9 Å². The molecule has 0 aliphatic carbocycles. The third-order valence-electron chi connectivity index (χ3n) is 5.28. The van der Waals surface area contributed by atoms with Crippen molar-refractivity contribution in [3.8, 4) is 5.75 Å². The van der Waals surface area contributed by atoms with E-state index in [1.165, 1.54) is 27.7 Å². The van der Waals surface area contributed by atoms with Crippen molar-refractivity contribution in [1.29, 1.82) is 0 Å². The van der Waals surface area contributed by atoms with Gasteiger partial charge >= 0.3 is 0 Å². The van der Waals surface area contributed by atoms with Crippen molar-refractivity contribution < 1.29 is 4.74 Å². The van der Waals surface area contributed by atoms with Crippen molar-refractivity contribution in [3.63, 3.8) is 0 Å². The van der Waals surface area contributed by atoms with Crippen molar-refractivity contribution in [3.05, 3.63) is 65.4 Å². The van der Waals surface area contributed by atoms with E-state index >= 15 is 0 Å². The molecule has 0 saturated carbocycles. The monoisotopic (exact) mass is 426 g/mol. The van der Waals surface area contributed by atoms with Gasteiger partial charge in [-0.3, -0.25) is 4.90 Å². The normalized spacial score (nSPS) is 17.4. The lowest BCUT2D eigenvalue weighted by Gasteiger charge is -2.37. The van der Waals surface area contributed by atoms with Crippen molar-refractivity contribution >= 4 is 26.8 Å². The Bertz CT molecular complexity index is 900. The molecule has 0 fully saturated rings. The van der Waals surface area contributed by atoms with E-state index in [1.54, 1.807) is 0 Å². The number of fused-ring (bicyclic) bond motifs is 3. The summed E-state index contributed by atoms with van der Waals surface area (Å²) in [6.45, 7) is 7.49. The summed E-state index contributed by atoms with van der Waals surface area (Å²) in [4.78, 5) is 6.36. The lowest BCUT2D eigenvalue weighted by Crippen LogP contribution is -2.38. The van der Waals surface area contributed by atoms with Crippen LogP contribution in [0.15, 0.2) is 48.5 Å². The minimum Gasteiger partial charge on any atom is -0.493 e. The molecule has 3 nitrogen and oxygen atoms in total. The summed E-state index contributed by atoms with van der Waals surface area (Å²) in [5, 5.41) is 2.22. The highest BCUT2D eigenvalue weighted by molar-refractivity contribution is 9.09. The van der Waals surface area contributed by atoms with Crippen molar-refractivity contribution in [2.24, 2.45) is 5.92 Å². The Morgan fingerprint density at radius 3 is 2.67 bits per heavy atom. The highest BCUT2D eigenvalue weighted by Crippen LogP contribution is 2.39. The Hall–Kier alpha value is -1.78. The average Bonchev–Trinajstić information content (AvgIpc) is 3.05. The molecule has 1 atom stereocenters. The van der Waals surface area contributed by atoms with Crippen molar-refractivity contribution in [2.45, 2.75) is 26.3 Å². The minimum absolute atomic E-state index is 0.272. The van der Waals surface area contributed by atoms with Crippen LogP contribution < -0.4 is 4.74 Å². The zero-order chi connectivity index (χ0) is 18.8. The van der Waals surface area contributed by atoms with E-state index in [9.17, 15) is 0 Å². The summed E-state index contributed by atoms with van der Waals surface area (Å²) in [5.74, 6) is 1.57. The van der Waals surface area contributed by atoms with E-state index in [0.717, 1.165) is 30.6 Å². The van der Waals surface area contributed by atoms with Gasteiger partial charge in [0.15, 0.2) is 0 Å². The maximum absolute atomic E-state index is 5.74. The lowest BCUT2D eigenvalue weighted by molar-refractivity contribution is 0.188. The van der Waals surface area contributed by atoms with Crippen LogP contribution in [0.25, 0.3) is 10.9 Å². The van der Waals surface area contributed by atoms with E-state index in [2.05, 4.69) is 88.2 Å². The number of alkyl halides is 1. The summed E-state index contributed by atoms with van der Waals surface area (Å²) in [5.41, 5.74) is 5.41. The molecule has 0 saturated heterocycles. The second kappa shape index (κ2) is 8.07. The van der Waals surface area contributed by atoms with E-state index in [4.69, 9.17) is 4.74 Å². The number of para-hydroxylation sites is 1. The molecular weight excluding hydrogens is 400 g/mol. The maximum Gasteiger partial charge on any atom is 0.119 e. The molecule has 4 rings (SSSR count). The summed E-state index contributed by atoms with van der Waals surface area (Å²) < 4.78 is 5.74. The summed E-state index contributed by atoms with van der Waals surface area (Å²) in [6, 6.07) is 17.6. The highest BCUT2D eigenvalue weighted by atomic mass is 79.9. The first kappa shape index (κ1) is 18.6. The predicted octanol–water partition coefficient (Wildman–Crippen LogP) is 5.55. The minimum atomic E-state index is 0.272. The van der Waals surface area contributed by atoms with Crippen molar-refractivity contribution in [2.75, 3.05) is 25.0 Å². The number of hydrogen-bond donors (Lipinski definition) is 1. The molecule has 0 amide bonds. The van der Waals surface area contributed by atoms with E-state index in [-0.39, 0.29) is 6.04 Å². The van der Waals surface area contributed by atoms with Gasteiger partial charge in [0, 0.05) is 35.0 Å². The number of hydrogen-bond acceptors (Lipinski definition) is 2. The smallest absolute Gasteiger partial charge is 0.119 e. The second-order valence-electron chi connectivity index (χ2n) is 7.71. The molecule has 1 aliphatic heterocycles. The molecule has 2 aromatic carbocycles. The average molecular weight is 427 g/mol. The summed E-state index contributed by atoms with van der Waals surface area (Å²) in [7, 11) is 0. The number of nitrogens with one attached hydrogen (secondary N) is 1. The Morgan fingerprint density at radius 1 is 1.15 bits per heavy atom. The molecule has 1 unspecified atom stereocenters. The fraction of sp³-hybridized carbons (Fsp3) is 0.391. The van der Waals surface area contributed by atoms with E-state index in [1.807, 2.05) is 0 Å². The van der Waals surface area contributed by atoms with Crippen LogP contribution in [0, 0.1) is 5.92 Å². The van der Waals surface area contributed by atoms with Gasteiger partial charge in [-0.15, -0.1) is 0 Å². The van der Waals surface area contributed by atoms with Gasteiger partial charge in [-0.2, -0.15) is 0 Å². The lowest BCUT2D eigenvalue weighted by atomic mass is 9.91. The molecule has 142 valence electrons. The van der Waals surface area contributed by atoms with Gasteiger partial charge in [0.25, 0.3) is 0 Å². The van der Waals surface area contributed by atoms with Crippen LogP contribution in [0.2, 0.25) is 0 Å². The number of halogens is 1. The zero-order valence-electron chi connectivity index (χ0n) is 16.0. The number of aromatic nitrogens is 1. The Kier molecular flexibility index (Phi) is 5.55. The number of ether oxygens (including phenoxy) is 1. The van der Waals surface area contributed by atoms with Crippen LogP contribution in [0.1, 0.15) is 36.7 Å². The molecule has 0 spiro atoms. The predicted molar refractivity (Wildman–Crippen MR) is 116 cm³/mol. The molecule has 2 heterocycles. The second-order valence-corrected chi connectivity index (χ2v) is 8.50. The first-order chi connectivity index (χ1) is 13.2. The van der Waals surface area contributed by atoms with Crippen LogP contribution in [0.5, 0.6) is 5.75 Å². The number of rotatable bonds is 6. The standard InChI is InChI=1S/C23H27BrN2O/c1-16(2)15-26-13-11-20-19-5-3-4-6-21(19)25-22(20)23(26)17-7-9-18(10-8-17)27-14-12-24/h3-10,16,23,25H,11-15H2,1-2H3. The number of H-pyrrole nitrogens is 1. The zero-order valence-corrected chi connectivity index (χ0v) is 17.6. The Morgan fingerprint density at radius 2 is 1.93 bits per heavy atom. The molecule has 1 aromatic heterocycles. The molecule has 0 radical (unpaired) electrons. The van der Waals surface area contributed by atoms with E-state index < -0.39 is 0 Å². The first-order valence-corrected chi connectivity index (χ1v) is 10.9. The van der Waals surface area contributed by atoms with Crippen LogP contribution >= 0.6 is 15.9 Å². The van der Waals surface area contributed by atoms with Crippen LogP contribution in [-0.2, 0) is 6.42 Å². The third kappa shape index (κ3) is 3.78. The van der Waals surface area contributed by atoms with Gasteiger partial charge in [-0.05, 0) is 41.7 Å². The third-order valence-corrected chi connectivity index (χ3v) is 5.60. The van der Waals surface area contributed by atoms with Crippen LogP contribution in [0.3, 0.4) is 0 Å². The topological polar surface area (TPSA) is 28.3 Å². The fourth-order valence-corrected chi connectivity index (χ4v) is 4.40. The maximum atomic E-state index is 5.74.